The van der Waals surface area contributed by atoms with Gasteiger partial charge in [-0.2, -0.15) is 0 Å². The van der Waals surface area contributed by atoms with Crippen LogP contribution in [0.1, 0.15) is 24.7 Å². The predicted molar refractivity (Wildman–Crippen MR) is 127 cm³/mol. The zero-order chi connectivity index (χ0) is 24.1. The third-order valence-electron chi connectivity index (χ3n) is 5.30. The lowest BCUT2D eigenvalue weighted by atomic mass is 10.0. The number of hydrogen-bond donors (Lipinski definition) is 1. The maximum absolute atomic E-state index is 13.4. The number of nitrogens with one attached hydrogen (secondary N) is 1. The van der Waals surface area contributed by atoms with Gasteiger partial charge in [0.15, 0.2) is 0 Å². The molecule has 4 rings (SSSR count). The third kappa shape index (κ3) is 4.76. The van der Waals surface area contributed by atoms with Crippen molar-refractivity contribution >= 4 is 23.1 Å². The summed E-state index contributed by atoms with van der Waals surface area (Å²) in [6, 6.07) is 15.7. The molecule has 176 valence electrons. The molecule has 0 radical (unpaired) electrons. The van der Waals surface area contributed by atoms with Gasteiger partial charge in [0.05, 0.1) is 39.2 Å². The smallest absolute Gasteiger partial charge is 0.278 e. The lowest BCUT2D eigenvalue weighted by molar-refractivity contribution is -0.137. The summed E-state index contributed by atoms with van der Waals surface area (Å²) in [7, 11) is 3.08. The highest BCUT2D eigenvalue weighted by Crippen LogP contribution is 2.34. The van der Waals surface area contributed by atoms with Gasteiger partial charge < -0.3 is 23.9 Å². The minimum atomic E-state index is -0.454. The molecule has 1 aromatic heterocycles. The van der Waals surface area contributed by atoms with E-state index in [0.29, 0.717) is 40.9 Å². The van der Waals surface area contributed by atoms with Crippen LogP contribution < -0.4 is 19.5 Å². The highest BCUT2D eigenvalue weighted by molar-refractivity contribution is 6.36. The maximum atomic E-state index is 13.4. The lowest BCUT2D eigenvalue weighted by Crippen LogP contribution is -2.31. The molecular formula is C26H26N2O6. The Bertz CT molecular complexity index is 1180. The summed E-state index contributed by atoms with van der Waals surface area (Å²) in [4.78, 5) is 28.0. The predicted octanol–water partition coefficient (Wildman–Crippen LogP) is 4.48. The SMILES string of the molecule is CCCOc1ccc(C2=C(Nc3cc(OC)cc(OC)c3)C(=O)N(Cc3ccco3)C2=O)cc1. The van der Waals surface area contributed by atoms with Crippen molar-refractivity contribution in [3.05, 3.63) is 77.9 Å². The van der Waals surface area contributed by atoms with Gasteiger partial charge in [-0.25, -0.2) is 0 Å². The lowest BCUT2D eigenvalue weighted by Gasteiger charge is -2.14. The number of methoxy groups -OCH3 is 2. The minimum absolute atomic E-state index is 0.0263. The summed E-state index contributed by atoms with van der Waals surface area (Å²) in [5.41, 5.74) is 1.57. The fourth-order valence-electron chi connectivity index (χ4n) is 3.62. The zero-order valence-electron chi connectivity index (χ0n) is 19.3. The largest absolute Gasteiger partial charge is 0.497 e. The summed E-state index contributed by atoms with van der Waals surface area (Å²) in [6.07, 6.45) is 2.39. The van der Waals surface area contributed by atoms with Crippen LogP contribution in [0.25, 0.3) is 5.57 Å². The fraction of sp³-hybridized carbons (Fsp3) is 0.231. The van der Waals surface area contributed by atoms with Gasteiger partial charge in [0.2, 0.25) is 0 Å². The molecule has 2 heterocycles. The van der Waals surface area contributed by atoms with Crippen LogP contribution in [0, 0.1) is 0 Å². The van der Waals surface area contributed by atoms with Crippen LogP contribution in [0.4, 0.5) is 5.69 Å². The molecule has 8 heteroatoms. The van der Waals surface area contributed by atoms with Crippen molar-refractivity contribution in [1.82, 2.24) is 4.90 Å². The molecule has 8 nitrogen and oxygen atoms in total. The number of rotatable bonds is 10. The van der Waals surface area contributed by atoms with E-state index in [1.807, 2.05) is 6.92 Å². The molecule has 3 aromatic rings. The number of carbonyl (C=O) groups is 2. The van der Waals surface area contributed by atoms with Gasteiger partial charge in [0, 0.05) is 23.9 Å². The molecule has 0 unspecified atom stereocenters. The van der Waals surface area contributed by atoms with Crippen LogP contribution in [0.2, 0.25) is 0 Å². The third-order valence-corrected chi connectivity index (χ3v) is 5.30. The molecule has 0 fully saturated rings. The van der Waals surface area contributed by atoms with Gasteiger partial charge >= 0.3 is 0 Å². The molecule has 1 aliphatic heterocycles. The van der Waals surface area contributed by atoms with E-state index in [2.05, 4.69) is 5.32 Å². The van der Waals surface area contributed by atoms with Gasteiger partial charge in [-0.3, -0.25) is 14.5 Å². The number of hydrogen-bond acceptors (Lipinski definition) is 7. The first kappa shape index (κ1) is 23.0. The summed E-state index contributed by atoms with van der Waals surface area (Å²) in [5, 5.41) is 3.12. The standard InChI is InChI=1S/C26H26N2O6/c1-4-11-33-19-9-7-17(8-10-19)23-24(27-18-13-21(31-2)15-22(14-18)32-3)26(30)28(25(23)29)16-20-6-5-12-34-20/h5-10,12-15,27H,4,11,16H2,1-3H3. The van der Waals surface area contributed by atoms with E-state index < -0.39 is 11.8 Å². The van der Waals surface area contributed by atoms with Gasteiger partial charge in [0.1, 0.15) is 28.7 Å². The molecule has 34 heavy (non-hydrogen) atoms. The highest BCUT2D eigenvalue weighted by Gasteiger charge is 2.39. The van der Waals surface area contributed by atoms with E-state index in [1.165, 1.54) is 6.26 Å². The van der Waals surface area contributed by atoms with Crippen molar-refractivity contribution in [3.8, 4) is 17.2 Å². The molecule has 0 aliphatic carbocycles. The number of imide groups is 1. The Labute approximate surface area is 197 Å². The van der Waals surface area contributed by atoms with Crippen LogP contribution in [-0.2, 0) is 16.1 Å². The summed E-state index contributed by atoms with van der Waals surface area (Å²) >= 11 is 0. The number of nitrogens with zero attached hydrogens (tertiary/aromatic N) is 1. The average Bonchev–Trinajstić information content (AvgIpc) is 3.46. The molecule has 2 amide bonds. The molecule has 0 saturated heterocycles. The summed E-state index contributed by atoms with van der Waals surface area (Å²) in [5.74, 6) is 1.43. The van der Waals surface area contributed by atoms with E-state index in [1.54, 1.807) is 68.8 Å². The monoisotopic (exact) mass is 462 g/mol. The normalized spacial score (nSPS) is 13.4. The Hall–Kier alpha value is -4.20. The van der Waals surface area contributed by atoms with Crippen LogP contribution in [0.3, 0.4) is 0 Å². The Morgan fingerprint density at radius 2 is 1.62 bits per heavy atom. The molecule has 0 saturated carbocycles. The van der Waals surface area contributed by atoms with Crippen molar-refractivity contribution in [2.75, 3.05) is 26.1 Å². The Morgan fingerprint density at radius 3 is 2.21 bits per heavy atom. The number of anilines is 1. The van der Waals surface area contributed by atoms with Gasteiger partial charge in [0.25, 0.3) is 11.8 Å². The maximum Gasteiger partial charge on any atom is 0.278 e. The molecule has 0 bridgehead atoms. The van der Waals surface area contributed by atoms with E-state index in [0.717, 1.165) is 11.3 Å². The average molecular weight is 463 g/mol. The zero-order valence-corrected chi connectivity index (χ0v) is 19.3. The van der Waals surface area contributed by atoms with Crippen molar-refractivity contribution in [2.24, 2.45) is 0 Å². The van der Waals surface area contributed by atoms with Crippen LogP contribution in [0.5, 0.6) is 17.2 Å². The Balaban J connectivity index is 1.73. The van der Waals surface area contributed by atoms with Gasteiger partial charge in [-0.15, -0.1) is 0 Å². The van der Waals surface area contributed by atoms with Crippen molar-refractivity contribution in [1.29, 1.82) is 0 Å². The number of carbonyl (C=O) groups excluding carboxylic acids is 2. The fourth-order valence-corrected chi connectivity index (χ4v) is 3.62. The first-order chi connectivity index (χ1) is 16.5. The molecule has 1 aliphatic rings. The van der Waals surface area contributed by atoms with Crippen molar-refractivity contribution < 1.29 is 28.2 Å². The quantitative estimate of drug-likeness (QED) is 0.444. The highest BCUT2D eigenvalue weighted by atomic mass is 16.5. The second kappa shape index (κ2) is 10.2. The van der Waals surface area contributed by atoms with E-state index in [-0.39, 0.29) is 17.8 Å². The molecular weight excluding hydrogens is 436 g/mol. The van der Waals surface area contributed by atoms with Crippen LogP contribution >= 0.6 is 0 Å². The van der Waals surface area contributed by atoms with Gasteiger partial charge in [-0.05, 0) is 36.2 Å². The summed E-state index contributed by atoms with van der Waals surface area (Å²) < 4.78 is 21.7. The molecule has 1 N–H and O–H groups in total. The van der Waals surface area contributed by atoms with Gasteiger partial charge in [-0.1, -0.05) is 19.1 Å². The topological polar surface area (TPSA) is 90.2 Å². The second-order valence-corrected chi connectivity index (χ2v) is 7.62. The first-order valence-corrected chi connectivity index (χ1v) is 10.9. The van der Waals surface area contributed by atoms with Crippen molar-refractivity contribution in [3.63, 3.8) is 0 Å². The van der Waals surface area contributed by atoms with E-state index in [9.17, 15) is 9.59 Å². The molecule has 0 atom stereocenters. The number of ether oxygens (including phenoxy) is 3. The number of benzene rings is 2. The minimum Gasteiger partial charge on any atom is -0.497 e. The molecule has 2 aromatic carbocycles. The van der Waals surface area contributed by atoms with E-state index in [4.69, 9.17) is 18.6 Å². The van der Waals surface area contributed by atoms with Crippen LogP contribution in [0.15, 0.2) is 71.0 Å². The summed E-state index contributed by atoms with van der Waals surface area (Å²) in [6.45, 7) is 2.65. The first-order valence-electron chi connectivity index (χ1n) is 10.9. The number of amides is 2. The Morgan fingerprint density at radius 1 is 0.912 bits per heavy atom. The van der Waals surface area contributed by atoms with Crippen LogP contribution in [-0.4, -0.2) is 37.5 Å². The van der Waals surface area contributed by atoms with Crippen molar-refractivity contribution in [2.45, 2.75) is 19.9 Å². The van der Waals surface area contributed by atoms with E-state index >= 15 is 0 Å². The Kier molecular flexibility index (Phi) is 6.87. The second-order valence-electron chi connectivity index (χ2n) is 7.62. The molecule has 0 spiro atoms. The number of furan rings is 1.